The third kappa shape index (κ3) is 5.00. The molecule has 2 saturated heterocycles. The van der Waals surface area contributed by atoms with Gasteiger partial charge in [0.05, 0.1) is 10.9 Å². The van der Waals surface area contributed by atoms with E-state index in [0.717, 1.165) is 6.07 Å². The predicted molar refractivity (Wildman–Crippen MR) is 134 cm³/mol. The highest BCUT2D eigenvalue weighted by atomic mass is 32.2. The average Bonchev–Trinajstić information content (AvgIpc) is 3.48. The van der Waals surface area contributed by atoms with Crippen molar-refractivity contribution >= 4 is 43.8 Å². The van der Waals surface area contributed by atoms with Gasteiger partial charge in [-0.1, -0.05) is 0 Å². The number of hydrogen-bond donors (Lipinski definition) is 1. The lowest BCUT2D eigenvalue weighted by atomic mass is 10.1. The Morgan fingerprint density at radius 3 is 2.29 bits per heavy atom. The van der Waals surface area contributed by atoms with E-state index < -0.39 is 21.7 Å². The van der Waals surface area contributed by atoms with Crippen LogP contribution in [-0.2, 0) is 14.8 Å². The summed E-state index contributed by atoms with van der Waals surface area (Å²) in [6.45, 7) is 2.85. The van der Waals surface area contributed by atoms with E-state index in [2.05, 4.69) is 14.6 Å². The summed E-state index contributed by atoms with van der Waals surface area (Å²) >= 11 is 1.19. The summed E-state index contributed by atoms with van der Waals surface area (Å²) in [5, 5.41) is 1.96. The SMILES string of the molecule is O=C1[C@@H](N2CCN(c3cc(F)cc(F)c3)CC2)CCN1c1ccc(S(=O)(=O)Nc2nccs2)cc1.[HH].[HH]. The van der Waals surface area contributed by atoms with Gasteiger partial charge in [-0.15, -0.1) is 11.3 Å². The number of nitrogens with one attached hydrogen (secondary N) is 1. The third-order valence-corrected chi connectivity index (χ3v) is 8.43. The van der Waals surface area contributed by atoms with E-state index in [1.165, 1.54) is 41.8 Å². The van der Waals surface area contributed by atoms with E-state index in [-0.39, 0.29) is 24.8 Å². The molecule has 0 unspecified atom stereocenters. The van der Waals surface area contributed by atoms with Crippen LogP contribution in [-0.4, -0.2) is 63.0 Å². The quantitative estimate of drug-likeness (QED) is 0.531. The zero-order valence-electron chi connectivity index (χ0n) is 18.6. The summed E-state index contributed by atoms with van der Waals surface area (Å²) in [4.78, 5) is 22.9. The van der Waals surface area contributed by atoms with Gasteiger partial charge in [-0.05, 0) is 42.8 Å². The van der Waals surface area contributed by atoms with Gasteiger partial charge in [-0.3, -0.25) is 14.4 Å². The number of halogens is 2. The number of piperazine rings is 1. The van der Waals surface area contributed by atoms with Crippen molar-refractivity contribution < 1.29 is 24.8 Å². The molecular weight excluding hydrogens is 496 g/mol. The molecule has 3 heterocycles. The van der Waals surface area contributed by atoms with Gasteiger partial charge in [-0.2, -0.15) is 0 Å². The first kappa shape index (κ1) is 23.6. The number of rotatable bonds is 6. The Labute approximate surface area is 208 Å². The van der Waals surface area contributed by atoms with Gasteiger partial charge in [0.2, 0.25) is 5.91 Å². The molecular formula is C23H27F2N5O3S2. The minimum atomic E-state index is -3.76. The van der Waals surface area contributed by atoms with Crippen LogP contribution < -0.4 is 14.5 Å². The Bertz CT molecular complexity index is 1300. The van der Waals surface area contributed by atoms with E-state index in [0.29, 0.717) is 50.5 Å². The summed E-state index contributed by atoms with van der Waals surface area (Å²) in [6, 6.07) is 9.42. The molecule has 2 fully saturated rings. The minimum Gasteiger partial charge on any atom is -0.369 e. The lowest BCUT2D eigenvalue weighted by Gasteiger charge is -2.38. The minimum absolute atomic E-state index is 0. The first-order chi connectivity index (χ1) is 16.8. The largest absolute Gasteiger partial charge is 0.369 e. The van der Waals surface area contributed by atoms with E-state index >= 15 is 0 Å². The van der Waals surface area contributed by atoms with Gasteiger partial charge in [0.1, 0.15) is 11.6 Å². The van der Waals surface area contributed by atoms with Crippen molar-refractivity contribution in [1.82, 2.24) is 9.88 Å². The van der Waals surface area contributed by atoms with Gasteiger partial charge in [0.25, 0.3) is 10.0 Å². The molecule has 2 aliphatic rings. The number of amides is 1. The van der Waals surface area contributed by atoms with Crippen LogP contribution in [0.25, 0.3) is 0 Å². The van der Waals surface area contributed by atoms with Crippen molar-refractivity contribution in [3.8, 4) is 0 Å². The van der Waals surface area contributed by atoms with Gasteiger partial charge in [0.15, 0.2) is 5.13 Å². The molecule has 2 aromatic carbocycles. The maximum Gasteiger partial charge on any atom is 0.263 e. The van der Waals surface area contributed by atoms with Crippen LogP contribution in [0.4, 0.5) is 25.3 Å². The number of carbonyl (C=O) groups excluding carboxylic acids is 1. The van der Waals surface area contributed by atoms with Crippen LogP contribution in [0, 0.1) is 11.6 Å². The van der Waals surface area contributed by atoms with Gasteiger partial charge >= 0.3 is 0 Å². The highest BCUT2D eigenvalue weighted by Crippen LogP contribution is 2.28. The number of aromatic nitrogens is 1. The lowest BCUT2D eigenvalue weighted by Crippen LogP contribution is -2.52. The monoisotopic (exact) mass is 523 g/mol. The Morgan fingerprint density at radius 1 is 0.971 bits per heavy atom. The second kappa shape index (κ2) is 9.51. The topological polar surface area (TPSA) is 85.9 Å². The summed E-state index contributed by atoms with van der Waals surface area (Å²) < 4.78 is 54.7. The zero-order valence-corrected chi connectivity index (χ0v) is 20.2. The van der Waals surface area contributed by atoms with Crippen LogP contribution in [0.3, 0.4) is 0 Å². The van der Waals surface area contributed by atoms with Crippen LogP contribution in [0.5, 0.6) is 0 Å². The molecule has 0 bridgehead atoms. The standard InChI is InChI=1S/C23H23F2N5O3S2.2H2/c24-16-13-17(25)15-19(14-16)28-8-10-29(11-9-28)21-5-7-30(22(21)31)18-1-3-20(4-2-18)35(32,33)27-23-26-6-12-34-23;;/h1-4,6,12-15,21H,5,7-11H2,(H,26,27);2*1H/t21-;;/m0../s1. The average molecular weight is 524 g/mol. The summed E-state index contributed by atoms with van der Waals surface area (Å²) in [6.07, 6.45) is 2.17. The summed E-state index contributed by atoms with van der Waals surface area (Å²) in [7, 11) is -3.76. The molecule has 1 aromatic heterocycles. The summed E-state index contributed by atoms with van der Waals surface area (Å²) in [5.41, 5.74) is 1.14. The molecule has 188 valence electrons. The Kier molecular flexibility index (Phi) is 6.43. The smallest absolute Gasteiger partial charge is 0.263 e. The zero-order chi connectivity index (χ0) is 24.6. The second-order valence-corrected chi connectivity index (χ2v) is 11.0. The first-order valence-corrected chi connectivity index (χ1v) is 13.5. The van der Waals surface area contributed by atoms with E-state index in [1.807, 2.05) is 4.90 Å². The maximum absolute atomic E-state index is 13.6. The highest BCUT2D eigenvalue weighted by molar-refractivity contribution is 7.93. The molecule has 0 saturated carbocycles. The highest BCUT2D eigenvalue weighted by Gasteiger charge is 2.38. The normalized spacial score (nSPS) is 19.4. The van der Waals surface area contributed by atoms with Crippen molar-refractivity contribution in [1.29, 1.82) is 0 Å². The van der Waals surface area contributed by atoms with E-state index in [4.69, 9.17) is 0 Å². The number of thiazole rings is 1. The lowest BCUT2D eigenvalue weighted by molar-refractivity contribution is -0.121. The fourth-order valence-corrected chi connectivity index (χ4v) is 6.32. The maximum atomic E-state index is 13.6. The molecule has 3 aromatic rings. The fourth-order valence-electron chi connectivity index (χ4n) is 4.53. The van der Waals surface area contributed by atoms with E-state index in [9.17, 15) is 22.0 Å². The van der Waals surface area contributed by atoms with Crippen molar-refractivity contribution in [2.24, 2.45) is 0 Å². The van der Waals surface area contributed by atoms with Crippen LogP contribution in [0.15, 0.2) is 58.9 Å². The van der Waals surface area contributed by atoms with Crippen molar-refractivity contribution in [3.05, 3.63) is 65.7 Å². The first-order valence-electron chi connectivity index (χ1n) is 11.1. The van der Waals surface area contributed by atoms with Crippen molar-refractivity contribution in [2.75, 3.05) is 47.2 Å². The molecule has 8 nitrogen and oxygen atoms in total. The molecule has 1 N–H and O–H groups in total. The number of nitrogens with zero attached hydrogens (tertiary/aromatic N) is 4. The van der Waals surface area contributed by atoms with Crippen LogP contribution >= 0.6 is 11.3 Å². The molecule has 2 aliphatic heterocycles. The Morgan fingerprint density at radius 2 is 1.66 bits per heavy atom. The molecule has 12 heteroatoms. The van der Waals surface area contributed by atoms with Crippen LogP contribution in [0.1, 0.15) is 9.27 Å². The second-order valence-electron chi connectivity index (χ2n) is 8.38. The third-order valence-electron chi connectivity index (χ3n) is 6.26. The number of benzene rings is 2. The fraction of sp³-hybridized carbons (Fsp3) is 0.304. The molecule has 0 spiro atoms. The molecule has 0 aliphatic carbocycles. The van der Waals surface area contributed by atoms with Crippen LogP contribution in [0.2, 0.25) is 0 Å². The molecule has 5 rings (SSSR count). The van der Waals surface area contributed by atoms with Gasteiger partial charge in [-0.25, -0.2) is 22.2 Å². The number of anilines is 3. The number of sulfonamides is 1. The van der Waals surface area contributed by atoms with Crippen molar-refractivity contribution in [3.63, 3.8) is 0 Å². The van der Waals surface area contributed by atoms with Gasteiger partial charge < -0.3 is 9.80 Å². The van der Waals surface area contributed by atoms with E-state index in [1.54, 1.807) is 22.4 Å². The molecule has 1 atom stereocenters. The summed E-state index contributed by atoms with van der Waals surface area (Å²) in [5.74, 6) is -1.25. The predicted octanol–water partition coefficient (Wildman–Crippen LogP) is 3.64. The van der Waals surface area contributed by atoms with Crippen molar-refractivity contribution in [2.45, 2.75) is 17.4 Å². The molecule has 0 radical (unpaired) electrons. The Hall–Kier alpha value is -3.09. The molecule has 1 amide bonds. The molecule has 35 heavy (non-hydrogen) atoms. The number of hydrogen-bond acceptors (Lipinski definition) is 7. The Balaban J connectivity index is 0.00000190. The number of carbonyl (C=O) groups is 1. The van der Waals surface area contributed by atoms with Gasteiger partial charge in [0, 0.05) is 64.6 Å².